The van der Waals surface area contributed by atoms with Gasteiger partial charge in [0.05, 0.1) is 6.54 Å². The van der Waals surface area contributed by atoms with Gasteiger partial charge in [0.2, 0.25) is 0 Å². The number of hydrogen-bond acceptors (Lipinski definition) is 2. The molecule has 7 heteroatoms. The van der Waals surface area contributed by atoms with Crippen LogP contribution in [0, 0.1) is 12.8 Å². The molecule has 0 heterocycles. The summed E-state index contributed by atoms with van der Waals surface area (Å²) in [6.07, 6.45) is -1.88. The van der Waals surface area contributed by atoms with Crippen LogP contribution in [-0.2, 0) is 6.54 Å². The smallest absolute Gasteiger partial charge is 0.422 e. The molecular formula is C17H24F3N3O. The fourth-order valence-corrected chi connectivity index (χ4v) is 2.16. The Morgan fingerprint density at radius 2 is 2.04 bits per heavy atom. The first-order valence-electron chi connectivity index (χ1n) is 8.18. The van der Waals surface area contributed by atoms with Crippen LogP contribution in [-0.4, -0.2) is 31.8 Å². The average Bonchev–Trinajstić information content (AvgIpc) is 3.32. The second-order valence-corrected chi connectivity index (χ2v) is 6.03. The monoisotopic (exact) mass is 343 g/mol. The first-order valence-corrected chi connectivity index (χ1v) is 8.18. The average molecular weight is 343 g/mol. The van der Waals surface area contributed by atoms with E-state index in [4.69, 9.17) is 4.74 Å². The summed E-state index contributed by atoms with van der Waals surface area (Å²) < 4.78 is 42.1. The van der Waals surface area contributed by atoms with Gasteiger partial charge < -0.3 is 15.4 Å². The number of aryl methyl sites for hydroxylation is 1. The van der Waals surface area contributed by atoms with E-state index in [9.17, 15) is 13.2 Å². The van der Waals surface area contributed by atoms with E-state index in [1.807, 2.05) is 19.9 Å². The number of benzene rings is 1. The van der Waals surface area contributed by atoms with Crippen LogP contribution in [0.5, 0.6) is 5.75 Å². The second kappa shape index (κ2) is 8.26. The minimum absolute atomic E-state index is 0.231. The Hall–Kier alpha value is -1.92. The van der Waals surface area contributed by atoms with Crippen molar-refractivity contribution in [2.45, 2.75) is 39.4 Å². The van der Waals surface area contributed by atoms with Crippen LogP contribution in [0.15, 0.2) is 23.2 Å². The molecule has 0 atom stereocenters. The number of nitrogens with zero attached hydrogens (tertiary/aromatic N) is 1. The Labute approximate surface area is 140 Å². The molecule has 0 radical (unpaired) electrons. The van der Waals surface area contributed by atoms with Crippen LogP contribution in [0.1, 0.15) is 30.9 Å². The second-order valence-electron chi connectivity index (χ2n) is 6.03. The molecule has 0 aromatic heterocycles. The predicted octanol–water partition coefficient (Wildman–Crippen LogP) is 3.40. The molecule has 4 nitrogen and oxygen atoms in total. The standard InChI is InChI=1S/C17H24F3N3O/c1-3-21-16(22-9-13-5-6-13)23-10-14-7-4-12(2)8-15(14)24-11-17(18,19)20/h4,7-8,13H,3,5-6,9-11H2,1-2H3,(H2,21,22,23). The summed E-state index contributed by atoms with van der Waals surface area (Å²) in [6, 6.07) is 5.21. The van der Waals surface area contributed by atoms with Crippen molar-refractivity contribution >= 4 is 5.96 Å². The number of guanidine groups is 1. The van der Waals surface area contributed by atoms with Crippen molar-refractivity contribution in [1.29, 1.82) is 0 Å². The summed E-state index contributed by atoms with van der Waals surface area (Å²) in [5, 5.41) is 6.40. The summed E-state index contributed by atoms with van der Waals surface area (Å²) in [5.41, 5.74) is 1.48. The zero-order valence-electron chi connectivity index (χ0n) is 14.0. The van der Waals surface area contributed by atoms with Crippen LogP contribution < -0.4 is 15.4 Å². The molecule has 0 saturated heterocycles. The van der Waals surface area contributed by atoms with Crippen molar-refractivity contribution in [3.05, 3.63) is 29.3 Å². The molecule has 0 bridgehead atoms. The summed E-state index contributed by atoms with van der Waals surface area (Å²) in [6.45, 7) is 4.34. The third-order valence-electron chi connectivity index (χ3n) is 3.62. The van der Waals surface area contributed by atoms with Gasteiger partial charge in [0.15, 0.2) is 12.6 Å². The Morgan fingerprint density at radius 1 is 1.29 bits per heavy atom. The molecule has 1 fully saturated rings. The highest BCUT2D eigenvalue weighted by molar-refractivity contribution is 5.79. The molecule has 24 heavy (non-hydrogen) atoms. The number of ether oxygens (including phenoxy) is 1. The lowest BCUT2D eigenvalue weighted by molar-refractivity contribution is -0.153. The van der Waals surface area contributed by atoms with Gasteiger partial charge in [-0.2, -0.15) is 13.2 Å². The molecule has 0 unspecified atom stereocenters. The lowest BCUT2D eigenvalue weighted by atomic mass is 10.1. The largest absolute Gasteiger partial charge is 0.484 e. The van der Waals surface area contributed by atoms with Crippen LogP contribution >= 0.6 is 0 Å². The first kappa shape index (κ1) is 18.4. The minimum Gasteiger partial charge on any atom is -0.484 e. The highest BCUT2D eigenvalue weighted by Crippen LogP contribution is 2.27. The van der Waals surface area contributed by atoms with E-state index in [0.29, 0.717) is 17.4 Å². The van der Waals surface area contributed by atoms with Gasteiger partial charge in [0.1, 0.15) is 5.75 Å². The van der Waals surface area contributed by atoms with E-state index in [1.165, 1.54) is 12.8 Å². The SMILES string of the molecule is CCNC(=NCc1ccc(C)cc1OCC(F)(F)F)NCC1CC1. The van der Waals surface area contributed by atoms with E-state index in [2.05, 4.69) is 15.6 Å². The van der Waals surface area contributed by atoms with E-state index in [0.717, 1.165) is 18.7 Å². The van der Waals surface area contributed by atoms with Crippen LogP contribution in [0.2, 0.25) is 0 Å². The lowest BCUT2D eigenvalue weighted by Gasteiger charge is -2.14. The highest BCUT2D eigenvalue weighted by atomic mass is 19.4. The van der Waals surface area contributed by atoms with Crippen molar-refractivity contribution in [1.82, 2.24) is 10.6 Å². The van der Waals surface area contributed by atoms with E-state index in [1.54, 1.807) is 12.1 Å². The summed E-state index contributed by atoms with van der Waals surface area (Å²) >= 11 is 0. The zero-order valence-corrected chi connectivity index (χ0v) is 14.0. The Balaban J connectivity index is 2.03. The minimum atomic E-state index is -4.36. The zero-order chi connectivity index (χ0) is 17.6. The highest BCUT2D eigenvalue weighted by Gasteiger charge is 2.28. The van der Waals surface area contributed by atoms with Gasteiger partial charge in [-0.1, -0.05) is 12.1 Å². The van der Waals surface area contributed by atoms with Crippen molar-refractivity contribution in [3.8, 4) is 5.75 Å². The van der Waals surface area contributed by atoms with E-state index in [-0.39, 0.29) is 12.3 Å². The van der Waals surface area contributed by atoms with Gasteiger partial charge >= 0.3 is 6.18 Å². The summed E-state index contributed by atoms with van der Waals surface area (Å²) in [4.78, 5) is 4.45. The summed E-state index contributed by atoms with van der Waals surface area (Å²) in [5.74, 6) is 1.61. The number of nitrogens with one attached hydrogen (secondary N) is 2. The number of aliphatic imine (C=N–C) groups is 1. The third-order valence-corrected chi connectivity index (χ3v) is 3.62. The van der Waals surface area contributed by atoms with Gasteiger partial charge in [-0.25, -0.2) is 4.99 Å². The normalized spacial score (nSPS) is 15.3. The molecule has 1 saturated carbocycles. The first-order chi connectivity index (χ1) is 11.4. The molecular weight excluding hydrogens is 319 g/mol. The van der Waals surface area contributed by atoms with Crippen molar-refractivity contribution in [2.75, 3.05) is 19.7 Å². The molecule has 0 aliphatic heterocycles. The topological polar surface area (TPSA) is 45.7 Å². The maximum absolute atomic E-state index is 12.4. The number of rotatable bonds is 7. The number of hydrogen-bond donors (Lipinski definition) is 2. The fraction of sp³-hybridized carbons (Fsp3) is 0.588. The molecule has 1 aliphatic rings. The molecule has 1 aliphatic carbocycles. The van der Waals surface area contributed by atoms with Crippen molar-refractivity contribution in [2.24, 2.45) is 10.9 Å². The molecule has 1 aromatic carbocycles. The lowest BCUT2D eigenvalue weighted by Crippen LogP contribution is -2.38. The number of alkyl halides is 3. The molecule has 0 amide bonds. The quantitative estimate of drug-likeness (QED) is 0.589. The van der Waals surface area contributed by atoms with Gasteiger partial charge in [-0.3, -0.25) is 0 Å². The van der Waals surface area contributed by atoms with E-state index < -0.39 is 12.8 Å². The Morgan fingerprint density at radius 3 is 2.67 bits per heavy atom. The van der Waals surface area contributed by atoms with Crippen molar-refractivity contribution < 1.29 is 17.9 Å². The van der Waals surface area contributed by atoms with Gasteiger partial charge in [-0.15, -0.1) is 0 Å². The maximum Gasteiger partial charge on any atom is 0.422 e. The third kappa shape index (κ3) is 6.68. The van der Waals surface area contributed by atoms with E-state index >= 15 is 0 Å². The van der Waals surface area contributed by atoms with Gasteiger partial charge in [0, 0.05) is 18.7 Å². The maximum atomic E-state index is 12.4. The molecule has 1 aromatic rings. The Kier molecular flexibility index (Phi) is 6.34. The molecule has 2 rings (SSSR count). The predicted molar refractivity (Wildman–Crippen MR) is 88.3 cm³/mol. The fourth-order valence-electron chi connectivity index (χ4n) is 2.16. The summed E-state index contributed by atoms with van der Waals surface area (Å²) in [7, 11) is 0. The van der Waals surface area contributed by atoms with Crippen LogP contribution in [0.3, 0.4) is 0 Å². The van der Waals surface area contributed by atoms with Crippen molar-refractivity contribution in [3.63, 3.8) is 0 Å². The van der Waals surface area contributed by atoms with Crippen LogP contribution in [0.25, 0.3) is 0 Å². The Bertz CT molecular complexity index is 569. The molecule has 2 N–H and O–H groups in total. The van der Waals surface area contributed by atoms with Gasteiger partial charge in [0.25, 0.3) is 0 Å². The molecule has 134 valence electrons. The van der Waals surface area contributed by atoms with Crippen LogP contribution in [0.4, 0.5) is 13.2 Å². The van der Waals surface area contributed by atoms with Gasteiger partial charge in [-0.05, 0) is 44.2 Å². The number of halogens is 3. The molecule has 0 spiro atoms.